The number of hydrogen-bond donors (Lipinski definition) is 3. The molecule has 6 heteroatoms. The Balaban J connectivity index is 1.57. The van der Waals surface area contributed by atoms with Gasteiger partial charge in [0.15, 0.2) is 0 Å². The van der Waals surface area contributed by atoms with E-state index in [1.165, 1.54) is 23.5 Å². The van der Waals surface area contributed by atoms with Gasteiger partial charge in [-0.1, -0.05) is 6.07 Å². The molecule has 0 bridgehead atoms. The van der Waals surface area contributed by atoms with Gasteiger partial charge in [0.1, 0.15) is 11.4 Å². The van der Waals surface area contributed by atoms with Crippen molar-refractivity contribution >= 4 is 17.4 Å². The van der Waals surface area contributed by atoms with Crippen molar-refractivity contribution < 1.29 is 14.3 Å². The van der Waals surface area contributed by atoms with E-state index in [1.807, 2.05) is 16.8 Å². The van der Waals surface area contributed by atoms with Crippen LogP contribution in [0.1, 0.15) is 36.1 Å². The van der Waals surface area contributed by atoms with Gasteiger partial charge in [0.25, 0.3) is 0 Å². The number of aryl methyl sites for hydroxylation is 1. The largest absolute Gasteiger partial charge is 0.384 e. The summed E-state index contributed by atoms with van der Waals surface area (Å²) >= 11 is 1.50. The highest BCUT2D eigenvalue weighted by Gasteiger charge is 2.27. The maximum absolute atomic E-state index is 13.2. The van der Waals surface area contributed by atoms with Gasteiger partial charge in [0.2, 0.25) is 0 Å². The number of nitrogens with one attached hydrogen (secondary N) is 2. The maximum atomic E-state index is 13.2. The number of thiophene rings is 1. The molecule has 0 saturated heterocycles. The summed E-state index contributed by atoms with van der Waals surface area (Å²) in [5.41, 5.74) is 1.59. The molecule has 0 saturated carbocycles. The van der Waals surface area contributed by atoms with Crippen molar-refractivity contribution in [2.75, 3.05) is 6.54 Å². The Morgan fingerprint density at radius 3 is 3.04 bits per heavy atom. The van der Waals surface area contributed by atoms with Crippen LogP contribution in [0.2, 0.25) is 0 Å². The number of amides is 2. The molecular formula is C17H19FN2O2S. The Morgan fingerprint density at radius 2 is 2.30 bits per heavy atom. The number of benzene rings is 1. The average Bonchev–Trinajstić information content (AvgIpc) is 3.16. The van der Waals surface area contributed by atoms with Gasteiger partial charge in [0.05, 0.1) is 12.6 Å². The van der Waals surface area contributed by atoms with Gasteiger partial charge in [-0.05, 0) is 65.4 Å². The summed E-state index contributed by atoms with van der Waals surface area (Å²) in [5, 5.41) is 19.7. The van der Waals surface area contributed by atoms with Crippen LogP contribution in [-0.4, -0.2) is 17.7 Å². The number of hydrogen-bond acceptors (Lipinski definition) is 3. The van der Waals surface area contributed by atoms with E-state index in [2.05, 4.69) is 10.6 Å². The first kappa shape index (κ1) is 16.0. The molecule has 2 atom stereocenters. The molecule has 3 rings (SSSR count). The second-order valence-corrected chi connectivity index (χ2v) is 6.83. The van der Waals surface area contributed by atoms with E-state index in [9.17, 15) is 14.3 Å². The molecule has 1 aromatic heterocycles. The standard InChI is InChI=1S/C17H19FN2O2S/c1-17(22,12-6-7-23-9-12)10-19-16(21)20-15-5-2-11-8-13(18)3-4-14(11)15/h3-4,6-9,15,22H,2,5,10H2,1H3,(H2,19,20,21)/t15-,17+/m0/s1. The second kappa shape index (κ2) is 6.29. The number of aliphatic hydroxyl groups is 1. The van der Waals surface area contributed by atoms with Crippen molar-refractivity contribution in [1.82, 2.24) is 10.6 Å². The summed E-state index contributed by atoms with van der Waals surface area (Å²) in [6, 6.07) is 6.06. The monoisotopic (exact) mass is 334 g/mol. The molecular weight excluding hydrogens is 315 g/mol. The molecule has 1 heterocycles. The summed E-state index contributed by atoms with van der Waals surface area (Å²) in [6.07, 6.45) is 1.51. The molecule has 0 spiro atoms. The number of urea groups is 1. The van der Waals surface area contributed by atoms with Gasteiger partial charge >= 0.3 is 6.03 Å². The summed E-state index contributed by atoms with van der Waals surface area (Å²) in [6.45, 7) is 1.79. The second-order valence-electron chi connectivity index (χ2n) is 6.05. The lowest BCUT2D eigenvalue weighted by atomic mass is 9.99. The highest BCUT2D eigenvalue weighted by molar-refractivity contribution is 7.08. The molecule has 3 N–H and O–H groups in total. The quantitative estimate of drug-likeness (QED) is 0.805. The first-order valence-corrected chi connectivity index (χ1v) is 8.48. The number of rotatable bonds is 4. The van der Waals surface area contributed by atoms with Crippen molar-refractivity contribution in [3.05, 3.63) is 57.5 Å². The molecule has 2 amide bonds. The van der Waals surface area contributed by atoms with E-state index in [0.29, 0.717) is 0 Å². The normalized spacial score (nSPS) is 19.0. The van der Waals surface area contributed by atoms with Crippen molar-refractivity contribution in [2.45, 2.75) is 31.4 Å². The lowest BCUT2D eigenvalue weighted by Crippen LogP contribution is -2.44. The summed E-state index contributed by atoms with van der Waals surface area (Å²) in [5.74, 6) is -0.249. The van der Waals surface area contributed by atoms with Gasteiger partial charge in [-0.25, -0.2) is 9.18 Å². The van der Waals surface area contributed by atoms with Crippen LogP contribution in [0.5, 0.6) is 0 Å². The minimum Gasteiger partial charge on any atom is -0.384 e. The molecule has 0 fully saturated rings. The third-order valence-electron chi connectivity index (χ3n) is 4.22. The van der Waals surface area contributed by atoms with Crippen LogP contribution in [-0.2, 0) is 12.0 Å². The Morgan fingerprint density at radius 1 is 1.48 bits per heavy atom. The zero-order valence-corrected chi connectivity index (χ0v) is 13.6. The van der Waals surface area contributed by atoms with Crippen LogP contribution in [0.25, 0.3) is 0 Å². The minimum absolute atomic E-state index is 0.114. The summed E-state index contributed by atoms with van der Waals surface area (Å²) < 4.78 is 13.2. The van der Waals surface area contributed by atoms with Crippen LogP contribution in [0.3, 0.4) is 0 Å². The van der Waals surface area contributed by atoms with Crippen LogP contribution in [0, 0.1) is 5.82 Å². The van der Waals surface area contributed by atoms with E-state index in [4.69, 9.17) is 0 Å². The average molecular weight is 334 g/mol. The van der Waals surface area contributed by atoms with E-state index >= 15 is 0 Å². The first-order chi connectivity index (χ1) is 11.0. The predicted octanol–water partition coefficient (Wildman–Crippen LogP) is 3.08. The molecule has 1 aliphatic carbocycles. The Bertz CT molecular complexity index is 701. The van der Waals surface area contributed by atoms with Crippen molar-refractivity contribution in [3.8, 4) is 0 Å². The van der Waals surface area contributed by atoms with Crippen molar-refractivity contribution in [2.24, 2.45) is 0 Å². The van der Waals surface area contributed by atoms with Gasteiger partial charge in [-0.15, -0.1) is 0 Å². The fraction of sp³-hybridized carbons (Fsp3) is 0.353. The topological polar surface area (TPSA) is 61.4 Å². The number of carbonyl (C=O) groups excluding carboxylic acids is 1. The fourth-order valence-electron chi connectivity index (χ4n) is 2.87. The molecule has 0 aliphatic heterocycles. The van der Waals surface area contributed by atoms with Crippen LogP contribution >= 0.6 is 11.3 Å². The van der Waals surface area contributed by atoms with E-state index in [-0.39, 0.29) is 24.4 Å². The number of halogens is 1. The van der Waals surface area contributed by atoms with Gasteiger partial charge < -0.3 is 15.7 Å². The molecule has 0 unspecified atom stereocenters. The van der Waals surface area contributed by atoms with Crippen molar-refractivity contribution in [1.29, 1.82) is 0 Å². The summed E-state index contributed by atoms with van der Waals surface area (Å²) in [4.78, 5) is 12.1. The lowest BCUT2D eigenvalue weighted by molar-refractivity contribution is 0.0597. The molecule has 122 valence electrons. The maximum Gasteiger partial charge on any atom is 0.315 e. The van der Waals surface area contributed by atoms with E-state index < -0.39 is 5.60 Å². The first-order valence-electron chi connectivity index (χ1n) is 7.53. The molecule has 1 aliphatic rings. The molecule has 2 aromatic rings. The number of fused-ring (bicyclic) bond motifs is 1. The zero-order valence-electron chi connectivity index (χ0n) is 12.8. The predicted molar refractivity (Wildman–Crippen MR) is 87.9 cm³/mol. The van der Waals surface area contributed by atoms with Crippen LogP contribution in [0.15, 0.2) is 35.0 Å². The molecule has 23 heavy (non-hydrogen) atoms. The van der Waals surface area contributed by atoms with Crippen LogP contribution < -0.4 is 10.6 Å². The highest BCUT2D eigenvalue weighted by atomic mass is 32.1. The zero-order chi connectivity index (χ0) is 16.4. The highest BCUT2D eigenvalue weighted by Crippen LogP contribution is 2.31. The Kier molecular flexibility index (Phi) is 4.37. The van der Waals surface area contributed by atoms with E-state index in [1.54, 1.807) is 13.0 Å². The minimum atomic E-state index is -1.10. The third kappa shape index (κ3) is 3.54. The SMILES string of the molecule is C[C@@](O)(CNC(=O)N[C@H]1CCc2cc(F)ccc21)c1ccsc1. The number of carbonyl (C=O) groups is 1. The fourth-order valence-corrected chi connectivity index (χ4v) is 3.65. The molecule has 1 aromatic carbocycles. The molecule has 0 radical (unpaired) electrons. The Hall–Kier alpha value is -1.92. The Labute approximate surface area is 138 Å². The van der Waals surface area contributed by atoms with Crippen LogP contribution in [0.4, 0.5) is 9.18 Å². The third-order valence-corrected chi connectivity index (χ3v) is 4.91. The summed E-state index contributed by atoms with van der Waals surface area (Å²) in [7, 11) is 0. The van der Waals surface area contributed by atoms with Gasteiger partial charge in [-0.2, -0.15) is 11.3 Å². The van der Waals surface area contributed by atoms with Gasteiger partial charge in [-0.3, -0.25) is 0 Å². The van der Waals surface area contributed by atoms with E-state index in [0.717, 1.165) is 29.5 Å². The smallest absolute Gasteiger partial charge is 0.315 e. The lowest BCUT2D eigenvalue weighted by Gasteiger charge is -2.23. The molecule has 4 nitrogen and oxygen atoms in total. The van der Waals surface area contributed by atoms with Crippen molar-refractivity contribution in [3.63, 3.8) is 0 Å². The van der Waals surface area contributed by atoms with Gasteiger partial charge in [0, 0.05) is 0 Å².